The van der Waals surface area contributed by atoms with Gasteiger partial charge >= 0.3 is 0 Å². The van der Waals surface area contributed by atoms with E-state index < -0.39 is 0 Å². The summed E-state index contributed by atoms with van der Waals surface area (Å²) in [4.78, 5) is 16.6. The SMILES string of the molecule is COc1ccc(OCC(=O)N2CCN(Cc3nnnn3-c3ccc(OC)cc3)CC2)cc1. The lowest BCUT2D eigenvalue weighted by molar-refractivity contribution is -0.135. The van der Waals surface area contributed by atoms with Crippen molar-refractivity contribution in [3.05, 3.63) is 54.4 Å². The topological polar surface area (TPSA) is 94.8 Å². The zero-order valence-corrected chi connectivity index (χ0v) is 18.2. The number of piperazine rings is 1. The van der Waals surface area contributed by atoms with Gasteiger partial charge in [0.1, 0.15) is 17.2 Å². The third kappa shape index (κ3) is 5.14. The molecule has 1 saturated heterocycles. The number of amides is 1. The second kappa shape index (κ2) is 10.1. The number of hydrogen-bond acceptors (Lipinski definition) is 8. The number of nitrogens with zero attached hydrogens (tertiary/aromatic N) is 6. The van der Waals surface area contributed by atoms with Crippen LogP contribution in [0.5, 0.6) is 17.2 Å². The van der Waals surface area contributed by atoms with Crippen molar-refractivity contribution in [2.24, 2.45) is 0 Å². The van der Waals surface area contributed by atoms with E-state index in [4.69, 9.17) is 14.2 Å². The molecule has 1 aliphatic heterocycles. The molecule has 0 unspecified atom stereocenters. The maximum atomic E-state index is 12.5. The monoisotopic (exact) mass is 438 g/mol. The first-order valence-electron chi connectivity index (χ1n) is 10.3. The quantitative estimate of drug-likeness (QED) is 0.521. The minimum atomic E-state index is -0.0245. The summed E-state index contributed by atoms with van der Waals surface area (Å²) in [6.45, 7) is 3.36. The smallest absolute Gasteiger partial charge is 0.260 e. The van der Waals surface area contributed by atoms with Crippen LogP contribution in [0.25, 0.3) is 5.69 Å². The Bertz CT molecular complexity index is 1010. The summed E-state index contributed by atoms with van der Waals surface area (Å²) in [6.07, 6.45) is 0. The van der Waals surface area contributed by atoms with E-state index in [1.165, 1.54) is 0 Å². The molecule has 168 valence electrons. The molecule has 0 aliphatic carbocycles. The maximum Gasteiger partial charge on any atom is 0.260 e. The van der Waals surface area contributed by atoms with Crippen LogP contribution in [0.2, 0.25) is 0 Å². The summed E-state index contributed by atoms with van der Waals surface area (Å²) in [5, 5.41) is 12.1. The van der Waals surface area contributed by atoms with Crippen molar-refractivity contribution < 1.29 is 19.0 Å². The van der Waals surface area contributed by atoms with Crippen LogP contribution in [0.15, 0.2) is 48.5 Å². The van der Waals surface area contributed by atoms with Gasteiger partial charge in [0, 0.05) is 26.2 Å². The van der Waals surface area contributed by atoms with E-state index >= 15 is 0 Å². The maximum absolute atomic E-state index is 12.5. The highest BCUT2D eigenvalue weighted by molar-refractivity contribution is 5.77. The van der Waals surface area contributed by atoms with E-state index in [1.54, 1.807) is 43.2 Å². The number of aromatic nitrogens is 4. The van der Waals surface area contributed by atoms with Crippen molar-refractivity contribution >= 4 is 5.91 Å². The van der Waals surface area contributed by atoms with E-state index in [0.29, 0.717) is 25.4 Å². The second-order valence-electron chi connectivity index (χ2n) is 7.33. The zero-order valence-electron chi connectivity index (χ0n) is 18.2. The lowest BCUT2D eigenvalue weighted by Gasteiger charge is -2.34. The highest BCUT2D eigenvalue weighted by Crippen LogP contribution is 2.18. The normalized spacial score (nSPS) is 14.2. The van der Waals surface area contributed by atoms with Gasteiger partial charge in [-0.2, -0.15) is 4.68 Å². The summed E-state index contributed by atoms with van der Waals surface area (Å²) in [5.41, 5.74) is 0.871. The van der Waals surface area contributed by atoms with Gasteiger partial charge in [-0.05, 0) is 59.0 Å². The number of benzene rings is 2. The average molecular weight is 438 g/mol. The van der Waals surface area contributed by atoms with E-state index in [9.17, 15) is 4.79 Å². The molecule has 1 aliphatic rings. The molecule has 2 heterocycles. The molecule has 0 radical (unpaired) electrons. The van der Waals surface area contributed by atoms with Crippen LogP contribution < -0.4 is 14.2 Å². The van der Waals surface area contributed by atoms with Crippen LogP contribution >= 0.6 is 0 Å². The third-order valence-electron chi connectivity index (χ3n) is 5.36. The minimum Gasteiger partial charge on any atom is -0.497 e. The molecule has 1 aromatic heterocycles. The van der Waals surface area contributed by atoms with E-state index in [2.05, 4.69) is 20.4 Å². The van der Waals surface area contributed by atoms with Crippen molar-refractivity contribution in [2.75, 3.05) is 47.0 Å². The van der Waals surface area contributed by atoms with Crippen LogP contribution in [0, 0.1) is 0 Å². The van der Waals surface area contributed by atoms with E-state index in [0.717, 1.165) is 36.1 Å². The van der Waals surface area contributed by atoms with Crippen molar-refractivity contribution in [2.45, 2.75) is 6.54 Å². The number of hydrogen-bond donors (Lipinski definition) is 0. The Labute approximate surface area is 186 Å². The Morgan fingerprint density at radius 1 is 0.875 bits per heavy atom. The van der Waals surface area contributed by atoms with Gasteiger partial charge < -0.3 is 19.1 Å². The molecule has 1 amide bonds. The number of carbonyl (C=O) groups is 1. The van der Waals surface area contributed by atoms with Crippen molar-refractivity contribution in [1.82, 2.24) is 30.0 Å². The fourth-order valence-corrected chi connectivity index (χ4v) is 3.49. The van der Waals surface area contributed by atoms with Gasteiger partial charge in [0.25, 0.3) is 5.91 Å². The first-order valence-corrected chi connectivity index (χ1v) is 10.3. The van der Waals surface area contributed by atoms with Gasteiger partial charge in [-0.3, -0.25) is 9.69 Å². The summed E-state index contributed by atoms with van der Waals surface area (Å²) in [6, 6.07) is 14.8. The van der Waals surface area contributed by atoms with Crippen molar-refractivity contribution in [3.63, 3.8) is 0 Å². The molecular formula is C22H26N6O4. The fourth-order valence-electron chi connectivity index (χ4n) is 3.49. The van der Waals surface area contributed by atoms with Gasteiger partial charge in [-0.15, -0.1) is 5.10 Å². The Morgan fingerprint density at radius 2 is 1.47 bits per heavy atom. The highest BCUT2D eigenvalue weighted by Gasteiger charge is 2.23. The zero-order chi connectivity index (χ0) is 22.3. The first kappa shape index (κ1) is 21.6. The van der Waals surface area contributed by atoms with Crippen LogP contribution in [-0.4, -0.2) is 82.9 Å². The molecule has 0 saturated carbocycles. The number of rotatable bonds is 8. The molecule has 0 spiro atoms. The molecule has 0 atom stereocenters. The Morgan fingerprint density at radius 3 is 2.09 bits per heavy atom. The molecular weight excluding hydrogens is 412 g/mol. The predicted molar refractivity (Wildman–Crippen MR) is 116 cm³/mol. The number of carbonyl (C=O) groups excluding carboxylic acids is 1. The molecule has 0 bridgehead atoms. The molecule has 4 rings (SSSR count). The van der Waals surface area contributed by atoms with Gasteiger partial charge in [-0.25, -0.2) is 0 Å². The van der Waals surface area contributed by atoms with E-state index in [-0.39, 0.29) is 12.5 Å². The van der Waals surface area contributed by atoms with Crippen LogP contribution in [0.1, 0.15) is 5.82 Å². The molecule has 0 N–H and O–H groups in total. The number of tetrazole rings is 1. The molecule has 32 heavy (non-hydrogen) atoms. The Balaban J connectivity index is 1.27. The molecule has 1 fully saturated rings. The van der Waals surface area contributed by atoms with Crippen LogP contribution in [0.4, 0.5) is 0 Å². The minimum absolute atomic E-state index is 0.0159. The standard InChI is InChI=1S/C22H26N6O4/c1-30-18-5-3-17(4-6-18)28-21(23-24-25-28)15-26-11-13-27(14-12-26)22(29)16-32-20-9-7-19(31-2)8-10-20/h3-10H,11-16H2,1-2H3. The molecule has 3 aromatic rings. The van der Waals surface area contributed by atoms with Gasteiger partial charge in [0.2, 0.25) is 0 Å². The fraction of sp³-hybridized carbons (Fsp3) is 0.364. The number of ether oxygens (including phenoxy) is 3. The summed E-state index contributed by atoms with van der Waals surface area (Å²) < 4.78 is 17.7. The first-order chi connectivity index (χ1) is 15.7. The third-order valence-corrected chi connectivity index (χ3v) is 5.36. The van der Waals surface area contributed by atoms with Crippen LogP contribution in [0.3, 0.4) is 0 Å². The summed E-state index contributed by atoms with van der Waals surface area (Å²) >= 11 is 0. The van der Waals surface area contributed by atoms with Crippen molar-refractivity contribution in [3.8, 4) is 22.9 Å². The van der Waals surface area contributed by atoms with E-state index in [1.807, 2.05) is 29.2 Å². The lowest BCUT2D eigenvalue weighted by Crippen LogP contribution is -2.49. The summed E-state index contributed by atoms with van der Waals surface area (Å²) in [7, 11) is 3.24. The highest BCUT2D eigenvalue weighted by atomic mass is 16.5. The molecule has 10 nitrogen and oxygen atoms in total. The predicted octanol–water partition coefficient (Wildman–Crippen LogP) is 1.40. The lowest BCUT2D eigenvalue weighted by atomic mass is 10.3. The number of methoxy groups -OCH3 is 2. The van der Waals surface area contributed by atoms with Gasteiger partial charge in [0.15, 0.2) is 12.4 Å². The van der Waals surface area contributed by atoms with Gasteiger partial charge in [0.05, 0.1) is 26.5 Å². The second-order valence-corrected chi connectivity index (χ2v) is 7.33. The largest absolute Gasteiger partial charge is 0.497 e. The van der Waals surface area contributed by atoms with Gasteiger partial charge in [-0.1, -0.05) is 0 Å². The summed E-state index contributed by atoms with van der Waals surface area (Å²) in [5.74, 6) is 2.89. The van der Waals surface area contributed by atoms with Crippen LogP contribution in [-0.2, 0) is 11.3 Å². The molecule has 10 heteroatoms. The Hall–Kier alpha value is -3.66. The average Bonchev–Trinajstić information content (AvgIpc) is 3.31. The van der Waals surface area contributed by atoms with Crippen molar-refractivity contribution in [1.29, 1.82) is 0 Å². The Kier molecular flexibility index (Phi) is 6.81. The molecule has 2 aromatic carbocycles.